The van der Waals surface area contributed by atoms with E-state index in [9.17, 15) is 9.59 Å². The molecule has 0 spiro atoms. The van der Waals surface area contributed by atoms with Crippen LogP contribution in [0.3, 0.4) is 0 Å². The highest BCUT2D eigenvalue weighted by atomic mass is 16.5. The minimum atomic E-state index is -0.421. The Morgan fingerprint density at radius 1 is 1.19 bits per heavy atom. The molecule has 1 saturated heterocycles. The molecule has 1 atom stereocenters. The van der Waals surface area contributed by atoms with Crippen molar-refractivity contribution in [1.29, 1.82) is 0 Å². The normalized spacial score (nSPS) is 18.6. The monoisotopic (exact) mass is 352 g/mol. The molecule has 0 aromatic heterocycles. The van der Waals surface area contributed by atoms with E-state index in [4.69, 9.17) is 9.47 Å². The molecule has 4 rings (SSSR count). The minimum absolute atomic E-state index is 0.183. The van der Waals surface area contributed by atoms with Crippen LogP contribution in [0.15, 0.2) is 36.4 Å². The van der Waals surface area contributed by atoms with Crippen molar-refractivity contribution in [2.45, 2.75) is 25.9 Å². The Kier molecular flexibility index (Phi) is 4.12. The lowest BCUT2D eigenvalue weighted by Gasteiger charge is -2.17. The second kappa shape index (κ2) is 6.46. The fraction of sp³-hybridized carbons (Fsp3) is 0.300. The quantitative estimate of drug-likeness (QED) is 0.898. The van der Waals surface area contributed by atoms with E-state index in [0.717, 1.165) is 24.1 Å². The first kappa shape index (κ1) is 16.6. The van der Waals surface area contributed by atoms with Crippen LogP contribution in [0.2, 0.25) is 0 Å². The minimum Gasteiger partial charge on any atom is -0.454 e. The molecule has 2 aromatic carbocycles. The van der Waals surface area contributed by atoms with Gasteiger partial charge in [-0.05, 0) is 55.7 Å². The van der Waals surface area contributed by atoms with Gasteiger partial charge in [-0.15, -0.1) is 0 Å². The van der Waals surface area contributed by atoms with Crippen molar-refractivity contribution >= 4 is 23.2 Å². The molecule has 6 heteroatoms. The summed E-state index contributed by atoms with van der Waals surface area (Å²) in [6, 6.07) is 10.8. The number of rotatable bonds is 2. The zero-order valence-electron chi connectivity index (χ0n) is 14.7. The van der Waals surface area contributed by atoms with Gasteiger partial charge in [-0.25, -0.2) is 0 Å². The molecule has 1 fully saturated rings. The number of hydrogen-bond acceptors (Lipinski definition) is 4. The van der Waals surface area contributed by atoms with Crippen LogP contribution in [-0.2, 0) is 9.53 Å². The van der Waals surface area contributed by atoms with E-state index in [0.29, 0.717) is 29.4 Å². The number of nitrogens with zero attached hydrogens (tertiary/aromatic N) is 1. The van der Waals surface area contributed by atoms with Gasteiger partial charge in [0.25, 0.3) is 11.8 Å². The Morgan fingerprint density at radius 3 is 2.77 bits per heavy atom. The lowest BCUT2D eigenvalue weighted by molar-refractivity contribution is -0.124. The third-order valence-corrected chi connectivity index (χ3v) is 4.70. The number of carbonyl (C=O) groups excluding carboxylic acids is 2. The SMILES string of the molecule is Cc1ccc2c(c1)N(C)C(=O)c1cc(NC(=O)C3CCCO3)ccc1O2. The number of ether oxygens (including phenoxy) is 2. The molecular formula is C20H20N2O4. The van der Waals surface area contributed by atoms with E-state index in [-0.39, 0.29) is 11.8 Å². The number of carbonyl (C=O) groups is 2. The highest BCUT2D eigenvalue weighted by Crippen LogP contribution is 2.39. The van der Waals surface area contributed by atoms with E-state index in [1.54, 1.807) is 30.1 Å². The molecule has 1 N–H and O–H groups in total. The Bertz CT molecular complexity index is 887. The average molecular weight is 352 g/mol. The van der Waals surface area contributed by atoms with E-state index < -0.39 is 6.10 Å². The van der Waals surface area contributed by atoms with Crippen molar-refractivity contribution in [2.75, 3.05) is 23.9 Å². The Morgan fingerprint density at radius 2 is 2.00 bits per heavy atom. The zero-order chi connectivity index (χ0) is 18.3. The number of amides is 2. The molecule has 26 heavy (non-hydrogen) atoms. The van der Waals surface area contributed by atoms with Gasteiger partial charge in [0.1, 0.15) is 11.9 Å². The predicted molar refractivity (Wildman–Crippen MR) is 98.0 cm³/mol. The third kappa shape index (κ3) is 2.93. The van der Waals surface area contributed by atoms with Crippen LogP contribution < -0.4 is 15.0 Å². The van der Waals surface area contributed by atoms with Gasteiger partial charge in [0.05, 0.1) is 11.3 Å². The number of nitrogens with one attached hydrogen (secondary N) is 1. The maximum absolute atomic E-state index is 12.9. The van der Waals surface area contributed by atoms with Crippen molar-refractivity contribution in [3.63, 3.8) is 0 Å². The van der Waals surface area contributed by atoms with E-state index in [1.807, 2.05) is 25.1 Å². The van der Waals surface area contributed by atoms with E-state index in [1.165, 1.54) is 0 Å². The van der Waals surface area contributed by atoms with Gasteiger partial charge >= 0.3 is 0 Å². The van der Waals surface area contributed by atoms with Crippen molar-refractivity contribution < 1.29 is 19.1 Å². The zero-order valence-corrected chi connectivity index (χ0v) is 14.7. The summed E-state index contributed by atoms with van der Waals surface area (Å²) >= 11 is 0. The van der Waals surface area contributed by atoms with Crippen LogP contribution in [0.5, 0.6) is 11.5 Å². The summed E-state index contributed by atoms with van der Waals surface area (Å²) in [6.07, 6.45) is 1.18. The summed E-state index contributed by atoms with van der Waals surface area (Å²) in [5.74, 6) is 0.732. The van der Waals surface area contributed by atoms with Gasteiger partial charge in [0.2, 0.25) is 0 Å². The first-order valence-electron chi connectivity index (χ1n) is 8.66. The Hall–Kier alpha value is -2.86. The Labute approximate surface area is 151 Å². The summed E-state index contributed by atoms with van der Waals surface area (Å²) in [4.78, 5) is 26.7. The summed E-state index contributed by atoms with van der Waals surface area (Å²) in [7, 11) is 1.72. The number of anilines is 2. The van der Waals surface area contributed by atoms with Gasteiger partial charge < -0.3 is 19.7 Å². The van der Waals surface area contributed by atoms with Crippen LogP contribution in [0, 0.1) is 6.92 Å². The number of aryl methyl sites for hydroxylation is 1. The van der Waals surface area contributed by atoms with Crippen LogP contribution in [-0.4, -0.2) is 31.6 Å². The second-order valence-electron chi connectivity index (χ2n) is 6.64. The molecule has 2 aromatic rings. The molecule has 0 saturated carbocycles. The van der Waals surface area contributed by atoms with Crippen molar-refractivity contribution in [1.82, 2.24) is 0 Å². The number of fused-ring (bicyclic) bond motifs is 2. The summed E-state index contributed by atoms with van der Waals surface area (Å²) in [5.41, 5.74) is 2.72. The molecule has 2 aliphatic heterocycles. The van der Waals surface area contributed by atoms with Crippen molar-refractivity contribution in [3.05, 3.63) is 47.5 Å². The maximum atomic E-state index is 12.9. The molecule has 6 nitrogen and oxygen atoms in total. The highest BCUT2D eigenvalue weighted by Gasteiger charge is 2.27. The van der Waals surface area contributed by atoms with Gasteiger partial charge in [-0.1, -0.05) is 6.07 Å². The fourth-order valence-electron chi connectivity index (χ4n) is 3.26. The summed E-state index contributed by atoms with van der Waals surface area (Å²) in [5, 5.41) is 2.83. The molecule has 2 heterocycles. The van der Waals surface area contributed by atoms with E-state index >= 15 is 0 Å². The van der Waals surface area contributed by atoms with Crippen molar-refractivity contribution in [2.24, 2.45) is 0 Å². The van der Waals surface area contributed by atoms with Gasteiger partial charge in [-0.2, -0.15) is 0 Å². The highest BCUT2D eigenvalue weighted by molar-refractivity contribution is 6.10. The molecule has 1 unspecified atom stereocenters. The van der Waals surface area contributed by atoms with Crippen LogP contribution >= 0.6 is 0 Å². The maximum Gasteiger partial charge on any atom is 0.261 e. The van der Waals surface area contributed by atoms with Crippen LogP contribution in [0.1, 0.15) is 28.8 Å². The molecule has 0 aliphatic carbocycles. The smallest absolute Gasteiger partial charge is 0.261 e. The molecule has 0 bridgehead atoms. The lowest BCUT2D eigenvalue weighted by Crippen LogP contribution is -2.27. The standard InChI is InChI=1S/C20H20N2O4/c1-12-5-7-17-15(10-12)22(2)20(24)14-11-13(6-8-16(14)26-17)21-19(23)18-4-3-9-25-18/h5-8,10-11,18H,3-4,9H2,1-2H3,(H,21,23). The largest absolute Gasteiger partial charge is 0.454 e. The molecule has 0 radical (unpaired) electrons. The first-order valence-corrected chi connectivity index (χ1v) is 8.66. The summed E-state index contributed by atoms with van der Waals surface area (Å²) in [6.45, 7) is 2.58. The van der Waals surface area contributed by atoms with Gasteiger partial charge in [0, 0.05) is 19.3 Å². The lowest BCUT2D eigenvalue weighted by atomic mass is 10.1. The van der Waals surface area contributed by atoms with Crippen molar-refractivity contribution in [3.8, 4) is 11.5 Å². The Balaban J connectivity index is 1.65. The molecule has 134 valence electrons. The van der Waals surface area contributed by atoms with Crippen LogP contribution in [0.25, 0.3) is 0 Å². The van der Waals surface area contributed by atoms with Gasteiger partial charge in [-0.3, -0.25) is 9.59 Å². The van der Waals surface area contributed by atoms with E-state index in [2.05, 4.69) is 5.32 Å². The predicted octanol–water partition coefficient (Wildman–Crippen LogP) is 3.49. The first-order chi connectivity index (χ1) is 12.5. The van der Waals surface area contributed by atoms with Gasteiger partial charge in [0.15, 0.2) is 5.75 Å². The number of benzene rings is 2. The molecular weight excluding hydrogens is 332 g/mol. The second-order valence-corrected chi connectivity index (χ2v) is 6.64. The number of hydrogen-bond donors (Lipinski definition) is 1. The molecule has 2 aliphatic rings. The molecule has 2 amide bonds. The van der Waals surface area contributed by atoms with Crippen LogP contribution in [0.4, 0.5) is 11.4 Å². The summed E-state index contributed by atoms with van der Waals surface area (Å²) < 4.78 is 11.4. The fourth-order valence-corrected chi connectivity index (χ4v) is 3.26. The third-order valence-electron chi connectivity index (χ3n) is 4.70. The topological polar surface area (TPSA) is 67.9 Å². The average Bonchev–Trinajstić information content (AvgIpc) is 3.15.